The van der Waals surface area contributed by atoms with E-state index < -0.39 is 10.0 Å². The summed E-state index contributed by atoms with van der Waals surface area (Å²) in [5.74, 6) is -0.282. The van der Waals surface area contributed by atoms with Gasteiger partial charge in [0.15, 0.2) is 0 Å². The van der Waals surface area contributed by atoms with Gasteiger partial charge in [-0.15, -0.1) is 11.8 Å². The Hall–Kier alpha value is -1.25. The van der Waals surface area contributed by atoms with Crippen LogP contribution < -0.4 is 5.32 Å². The maximum Gasteiger partial charge on any atom is 0.246 e. The summed E-state index contributed by atoms with van der Waals surface area (Å²) in [6.45, 7) is 2.45. The molecule has 162 valence electrons. The molecule has 1 aliphatic heterocycles. The molecule has 3 rings (SSSR count). The predicted molar refractivity (Wildman–Crippen MR) is 123 cm³/mol. The molecule has 0 bridgehead atoms. The van der Waals surface area contributed by atoms with Crippen molar-refractivity contribution in [3.8, 4) is 0 Å². The highest BCUT2D eigenvalue weighted by molar-refractivity contribution is 7.98. The van der Waals surface area contributed by atoms with E-state index in [0.29, 0.717) is 12.8 Å². The van der Waals surface area contributed by atoms with E-state index in [4.69, 9.17) is 23.2 Å². The second-order valence-electron chi connectivity index (χ2n) is 7.23. The van der Waals surface area contributed by atoms with Gasteiger partial charge in [-0.2, -0.15) is 4.31 Å². The summed E-state index contributed by atoms with van der Waals surface area (Å²) in [5.41, 5.74) is 1.04. The van der Waals surface area contributed by atoms with Gasteiger partial charge in [0.05, 0.1) is 16.1 Å². The molecule has 1 amide bonds. The molecular formula is C21H24Cl2N2O3S2. The predicted octanol–water partition coefficient (Wildman–Crippen LogP) is 4.99. The molecule has 0 saturated carbocycles. The highest BCUT2D eigenvalue weighted by Crippen LogP contribution is 2.33. The van der Waals surface area contributed by atoms with E-state index in [2.05, 4.69) is 5.32 Å². The molecule has 1 aliphatic rings. The van der Waals surface area contributed by atoms with Gasteiger partial charge in [0.25, 0.3) is 0 Å². The van der Waals surface area contributed by atoms with Crippen LogP contribution >= 0.6 is 35.0 Å². The van der Waals surface area contributed by atoms with Gasteiger partial charge in [0, 0.05) is 23.9 Å². The van der Waals surface area contributed by atoms with Gasteiger partial charge >= 0.3 is 0 Å². The van der Waals surface area contributed by atoms with Gasteiger partial charge in [-0.25, -0.2) is 8.42 Å². The zero-order chi connectivity index (χ0) is 21.9. The van der Waals surface area contributed by atoms with Gasteiger partial charge in [-0.1, -0.05) is 41.4 Å². The number of nitrogens with zero attached hydrogens (tertiary/aromatic N) is 1. The number of rotatable bonds is 6. The maximum atomic E-state index is 13.0. The molecule has 1 fully saturated rings. The summed E-state index contributed by atoms with van der Waals surface area (Å²) in [6, 6.07) is 12.6. The number of nitrogens with one attached hydrogen (secondary N) is 1. The van der Waals surface area contributed by atoms with Crippen molar-refractivity contribution in [3.63, 3.8) is 0 Å². The van der Waals surface area contributed by atoms with Crippen LogP contribution in [0, 0.1) is 5.92 Å². The molecule has 1 heterocycles. The standard InChI is InChI=1S/C21H24Cl2N2O3S2/c1-14(15-6-8-17(29-2)9-7-15)24-21(26)16-10-12-25(13-11-16)30(27,28)20-18(22)4-3-5-19(20)23/h3-9,14,16H,10-13H2,1-2H3,(H,24,26). The van der Waals surface area contributed by atoms with Crippen molar-refractivity contribution in [2.24, 2.45) is 5.92 Å². The molecule has 1 atom stereocenters. The largest absolute Gasteiger partial charge is 0.349 e. The molecular weight excluding hydrogens is 463 g/mol. The van der Waals surface area contributed by atoms with Gasteiger partial charge in [-0.3, -0.25) is 4.79 Å². The molecule has 9 heteroatoms. The number of benzene rings is 2. The molecule has 1 saturated heterocycles. The van der Waals surface area contributed by atoms with E-state index in [0.717, 1.165) is 5.56 Å². The van der Waals surface area contributed by atoms with Crippen LogP contribution in [0.25, 0.3) is 0 Å². The van der Waals surface area contributed by atoms with E-state index in [1.807, 2.05) is 37.4 Å². The smallest absolute Gasteiger partial charge is 0.246 e. The fourth-order valence-corrected chi connectivity index (χ4v) is 6.49. The first-order valence-corrected chi connectivity index (χ1v) is 13.0. The van der Waals surface area contributed by atoms with Gasteiger partial charge in [0.1, 0.15) is 4.90 Å². The van der Waals surface area contributed by atoms with Crippen molar-refractivity contribution < 1.29 is 13.2 Å². The number of sulfonamides is 1. The number of thioether (sulfide) groups is 1. The second-order valence-corrected chi connectivity index (χ2v) is 10.8. The quantitative estimate of drug-likeness (QED) is 0.583. The zero-order valence-electron chi connectivity index (χ0n) is 16.8. The lowest BCUT2D eigenvalue weighted by Gasteiger charge is -2.31. The fraction of sp³-hybridized carbons (Fsp3) is 0.381. The van der Waals surface area contributed by atoms with Gasteiger partial charge in [-0.05, 0) is 55.9 Å². The molecule has 0 aliphatic carbocycles. The first-order valence-electron chi connectivity index (χ1n) is 9.62. The van der Waals surface area contributed by atoms with Crippen LogP contribution in [-0.4, -0.2) is 38.0 Å². The van der Waals surface area contributed by atoms with E-state index in [-0.39, 0.29) is 45.9 Å². The molecule has 2 aromatic rings. The summed E-state index contributed by atoms with van der Waals surface area (Å²) < 4.78 is 27.3. The van der Waals surface area contributed by atoms with Crippen molar-refractivity contribution in [2.75, 3.05) is 19.3 Å². The number of hydrogen-bond acceptors (Lipinski definition) is 4. The van der Waals surface area contributed by atoms with Crippen LogP contribution in [0.3, 0.4) is 0 Å². The molecule has 0 radical (unpaired) electrons. The molecule has 5 nitrogen and oxygen atoms in total. The van der Waals surface area contributed by atoms with Crippen molar-refractivity contribution in [3.05, 3.63) is 58.1 Å². The summed E-state index contributed by atoms with van der Waals surface area (Å²) in [5, 5.41) is 3.25. The van der Waals surface area contributed by atoms with Crippen LogP contribution in [0.5, 0.6) is 0 Å². The average Bonchev–Trinajstić information content (AvgIpc) is 2.73. The number of amides is 1. The lowest BCUT2D eigenvalue weighted by atomic mass is 9.96. The highest BCUT2D eigenvalue weighted by atomic mass is 35.5. The first kappa shape index (κ1) is 23.4. The van der Waals surface area contributed by atoms with Crippen molar-refractivity contribution in [2.45, 2.75) is 35.6 Å². The normalized spacial score (nSPS) is 16.9. The van der Waals surface area contributed by atoms with Crippen LogP contribution in [0.15, 0.2) is 52.3 Å². The topological polar surface area (TPSA) is 66.5 Å². The Morgan fingerprint density at radius 1 is 1.10 bits per heavy atom. The van der Waals surface area contributed by atoms with E-state index >= 15 is 0 Å². The first-order chi connectivity index (χ1) is 14.2. The lowest BCUT2D eigenvalue weighted by Crippen LogP contribution is -2.43. The highest BCUT2D eigenvalue weighted by Gasteiger charge is 2.34. The molecule has 2 aromatic carbocycles. The van der Waals surface area contributed by atoms with E-state index in [1.165, 1.54) is 21.3 Å². The minimum absolute atomic E-state index is 0.0516. The van der Waals surface area contributed by atoms with Crippen LogP contribution in [0.2, 0.25) is 10.0 Å². The van der Waals surface area contributed by atoms with E-state index in [1.54, 1.807) is 17.8 Å². The molecule has 0 spiro atoms. The monoisotopic (exact) mass is 486 g/mol. The molecule has 0 aromatic heterocycles. The number of halogens is 2. The zero-order valence-corrected chi connectivity index (χ0v) is 19.9. The number of piperidine rings is 1. The molecule has 1 unspecified atom stereocenters. The van der Waals surface area contributed by atoms with Crippen LogP contribution in [-0.2, 0) is 14.8 Å². The Balaban J connectivity index is 1.61. The molecule has 30 heavy (non-hydrogen) atoms. The Morgan fingerprint density at radius 2 is 1.67 bits per heavy atom. The van der Waals surface area contributed by atoms with Crippen LogP contribution in [0.4, 0.5) is 0 Å². The number of carbonyl (C=O) groups is 1. The van der Waals surface area contributed by atoms with E-state index in [9.17, 15) is 13.2 Å². The molecule has 1 N–H and O–H groups in total. The minimum Gasteiger partial charge on any atom is -0.349 e. The summed E-state index contributed by atoms with van der Waals surface area (Å²) >= 11 is 13.9. The minimum atomic E-state index is -3.81. The van der Waals surface area contributed by atoms with Crippen molar-refractivity contribution in [1.82, 2.24) is 9.62 Å². The van der Waals surface area contributed by atoms with Gasteiger partial charge < -0.3 is 5.32 Å². The van der Waals surface area contributed by atoms with Gasteiger partial charge in [0.2, 0.25) is 15.9 Å². The summed E-state index contributed by atoms with van der Waals surface area (Å²) in [7, 11) is -3.81. The average molecular weight is 487 g/mol. The lowest BCUT2D eigenvalue weighted by molar-refractivity contribution is -0.126. The Kier molecular flexibility index (Phi) is 7.74. The van der Waals surface area contributed by atoms with Crippen molar-refractivity contribution in [1.29, 1.82) is 0 Å². The van der Waals surface area contributed by atoms with Crippen LogP contribution in [0.1, 0.15) is 31.4 Å². The third-order valence-corrected chi connectivity index (χ3v) is 8.91. The van der Waals surface area contributed by atoms with Crippen molar-refractivity contribution >= 4 is 50.9 Å². The third kappa shape index (κ3) is 5.14. The SMILES string of the molecule is CSc1ccc(C(C)NC(=O)C2CCN(S(=O)(=O)c3c(Cl)cccc3Cl)CC2)cc1. The Morgan fingerprint density at radius 3 is 2.20 bits per heavy atom. The summed E-state index contributed by atoms with van der Waals surface area (Å²) in [6.07, 6.45) is 2.92. The number of carbonyl (C=O) groups excluding carboxylic acids is 1. The third-order valence-electron chi connectivity index (χ3n) is 5.32. The maximum absolute atomic E-state index is 13.0. The summed E-state index contributed by atoms with van der Waals surface area (Å²) in [4.78, 5) is 13.8. The number of hydrogen-bond donors (Lipinski definition) is 1. The second kappa shape index (κ2) is 9.92. The Labute approximate surface area is 192 Å². The Bertz CT molecular complexity index is 985. The fourth-order valence-electron chi connectivity index (χ4n) is 3.52.